The zero-order valence-corrected chi connectivity index (χ0v) is 17.7. The van der Waals surface area contributed by atoms with Gasteiger partial charge in [-0.1, -0.05) is 31.9 Å². The van der Waals surface area contributed by atoms with E-state index in [-0.39, 0.29) is 21.1 Å². The Bertz CT molecular complexity index is 429. The summed E-state index contributed by atoms with van der Waals surface area (Å²) in [6.45, 7) is 31.3. The molecule has 0 spiro atoms. The van der Waals surface area contributed by atoms with Crippen molar-refractivity contribution in [3.63, 3.8) is 0 Å². The molecular weight excluding hydrogens is 380 g/mol. The van der Waals surface area contributed by atoms with Crippen LogP contribution in [0.3, 0.4) is 0 Å². The van der Waals surface area contributed by atoms with E-state index < -0.39 is 0 Å². The average molecular weight is 406 g/mol. The van der Waals surface area contributed by atoms with Gasteiger partial charge in [0, 0.05) is 32.9 Å². The summed E-state index contributed by atoms with van der Waals surface area (Å²) >= 11 is 0. The molecule has 0 unspecified atom stereocenters. The predicted octanol–water partition coefficient (Wildman–Crippen LogP) is 5.40. The molecular formula is C21H26MoO2. The maximum absolute atomic E-state index is 7.50. The van der Waals surface area contributed by atoms with E-state index in [0.717, 1.165) is 0 Å². The summed E-state index contributed by atoms with van der Waals surface area (Å²) in [7, 11) is 0. The Hall–Kier alpha value is -0.352. The minimum Gasteiger partial charge on any atom is -0.0499 e. The van der Waals surface area contributed by atoms with Gasteiger partial charge in [-0.2, -0.15) is 0 Å². The van der Waals surface area contributed by atoms with E-state index in [9.17, 15) is 0 Å². The fraction of sp³-hybridized carbons (Fsp3) is 0.333. The predicted molar refractivity (Wildman–Crippen MR) is 92.9 cm³/mol. The van der Waals surface area contributed by atoms with Gasteiger partial charge in [0.15, 0.2) is 0 Å². The molecule has 0 saturated heterocycles. The Morgan fingerprint density at radius 2 is 0.792 bits per heavy atom. The standard InChI is InChI=1S/C16H21.C3H5.2CO.Mo/c1-8-9(2)12(5)16-14(7)10(3)13(6)15(16)11(8)4;1-3-2;2*1-2;/h1-7H3;3H,1-2H2;;;. The summed E-state index contributed by atoms with van der Waals surface area (Å²) in [5.41, 5.74) is 5.84. The summed E-state index contributed by atoms with van der Waals surface area (Å²) < 4.78 is 15.0. The normalized spacial score (nSPS) is 19.0. The molecule has 0 aromatic heterocycles. The van der Waals surface area contributed by atoms with E-state index in [1.165, 1.54) is 58.3 Å². The van der Waals surface area contributed by atoms with Gasteiger partial charge >= 0.3 is 22.6 Å². The Balaban J connectivity index is -0.000000485. The summed E-state index contributed by atoms with van der Waals surface area (Å²) in [6.07, 6.45) is 1.50. The van der Waals surface area contributed by atoms with E-state index in [2.05, 4.69) is 75.6 Å². The largest absolute Gasteiger partial charge is 0.0499 e. The van der Waals surface area contributed by atoms with Crippen molar-refractivity contribution in [2.45, 2.75) is 48.5 Å². The monoisotopic (exact) mass is 408 g/mol. The van der Waals surface area contributed by atoms with E-state index in [4.69, 9.17) is 9.30 Å². The van der Waals surface area contributed by atoms with Gasteiger partial charge in [0.25, 0.3) is 0 Å². The van der Waals surface area contributed by atoms with Crippen molar-refractivity contribution in [2.24, 2.45) is 0 Å². The van der Waals surface area contributed by atoms with Gasteiger partial charge in [-0.3, -0.25) is 0 Å². The number of fused-ring (bicyclic) bond motifs is 1. The number of hydrogen-bond acceptors (Lipinski definition) is 0. The summed E-state index contributed by atoms with van der Waals surface area (Å²) in [5.74, 6) is 7.39. The quantitative estimate of drug-likeness (QED) is 0.294. The fourth-order valence-corrected chi connectivity index (χ4v) is 2.91. The molecule has 1 saturated carbocycles. The maximum atomic E-state index is 7.50. The molecule has 0 N–H and O–H groups in total. The Labute approximate surface area is 164 Å². The van der Waals surface area contributed by atoms with Gasteiger partial charge in [0.2, 0.25) is 0 Å². The Kier molecular flexibility index (Phi) is 16.5. The number of allylic oxidation sites excluding steroid dienone is 4. The van der Waals surface area contributed by atoms with Crippen LogP contribution in [-0.2, 0) is 30.4 Å². The first-order valence-corrected chi connectivity index (χ1v) is 7.22. The summed E-state index contributed by atoms with van der Waals surface area (Å²) in [6, 6.07) is 0. The fourth-order valence-electron chi connectivity index (χ4n) is 2.91. The second kappa shape index (κ2) is 13.9. The van der Waals surface area contributed by atoms with Crippen molar-refractivity contribution in [1.82, 2.24) is 0 Å². The third-order valence-electron chi connectivity index (χ3n) is 4.56. The molecule has 2 nitrogen and oxygen atoms in total. The second-order valence-corrected chi connectivity index (χ2v) is 5.41. The van der Waals surface area contributed by atoms with Crippen molar-refractivity contribution < 1.29 is 30.4 Å². The molecule has 2 aliphatic rings. The van der Waals surface area contributed by atoms with Crippen molar-refractivity contribution in [3.05, 3.63) is 85.5 Å². The first-order valence-electron chi connectivity index (χ1n) is 7.22. The van der Waals surface area contributed by atoms with Crippen LogP contribution < -0.4 is 0 Å². The van der Waals surface area contributed by atoms with Crippen LogP contribution in [0.5, 0.6) is 0 Å². The zero-order valence-electron chi connectivity index (χ0n) is 15.7. The van der Waals surface area contributed by atoms with Crippen LogP contribution in [0, 0.1) is 63.2 Å². The minimum atomic E-state index is 0. The van der Waals surface area contributed by atoms with E-state index in [0.29, 0.717) is 0 Å². The molecule has 0 amide bonds. The van der Waals surface area contributed by atoms with Crippen LogP contribution in [0.4, 0.5) is 0 Å². The summed E-state index contributed by atoms with van der Waals surface area (Å²) in [4.78, 5) is 0. The molecule has 2 rings (SSSR count). The molecule has 0 aromatic carbocycles. The summed E-state index contributed by atoms with van der Waals surface area (Å²) in [5, 5.41) is 0. The first-order chi connectivity index (χ1) is 10.8. The van der Waals surface area contributed by atoms with Crippen LogP contribution in [0.25, 0.3) is 0 Å². The van der Waals surface area contributed by atoms with Gasteiger partial charge in [0.05, 0.1) is 0 Å². The van der Waals surface area contributed by atoms with Crippen molar-refractivity contribution >= 4 is 0 Å². The van der Waals surface area contributed by atoms with Crippen LogP contribution >= 0.6 is 0 Å². The molecule has 0 aromatic rings. The zero-order chi connectivity index (χ0) is 18.9. The molecule has 0 heterocycles. The smallest absolute Gasteiger partial charge is 0 e. The minimum absolute atomic E-state index is 0. The van der Waals surface area contributed by atoms with Gasteiger partial charge in [-0.15, -0.1) is 0 Å². The second-order valence-electron chi connectivity index (χ2n) is 5.41. The van der Waals surface area contributed by atoms with Crippen LogP contribution in [0.15, 0.2) is 22.3 Å². The molecule has 3 heteroatoms. The number of hydrogen-bond donors (Lipinski definition) is 0. The molecule has 1 fully saturated rings. The average Bonchev–Trinajstić information content (AvgIpc) is 2.80. The molecule has 24 heavy (non-hydrogen) atoms. The molecule has 128 valence electrons. The topological polar surface area (TPSA) is 39.8 Å². The molecule has 8 radical (unpaired) electrons. The van der Waals surface area contributed by atoms with E-state index in [1.807, 2.05) is 0 Å². The van der Waals surface area contributed by atoms with Crippen molar-refractivity contribution in [1.29, 1.82) is 0 Å². The van der Waals surface area contributed by atoms with Crippen molar-refractivity contribution in [2.75, 3.05) is 0 Å². The number of rotatable bonds is 0. The first kappa shape index (κ1) is 28.5. The third-order valence-corrected chi connectivity index (χ3v) is 4.56. The van der Waals surface area contributed by atoms with E-state index >= 15 is 0 Å². The van der Waals surface area contributed by atoms with Crippen LogP contribution in [-0.4, -0.2) is 0 Å². The van der Waals surface area contributed by atoms with Crippen LogP contribution in [0.2, 0.25) is 0 Å². The van der Waals surface area contributed by atoms with Gasteiger partial charge in [-0.25, -0.2) is 0 Å². The molecule has 0 bridgehead atoms. The Morgan fingerprint density at radius 3 is 1.00 bits per heavy atom. The van der Waals surface area contributed by atoms with Crippen LogP contribution in [0.1, 0.15) is 48.5 Å². The molecule has 0 aliphatic heterocycles. The SMILES string of the molecule is C[C]1[C](C)[C]2[C]([C]1C)C(C)=C(C)C(C)=C2C.[C-]#[O+].[C-]#[O+].[CH2][CH][CH2].[Mo]. The maximum Gasteiger partial charge on any atom is 0 e. The van der Waals surface area contributed by atoms with Gasteiger partial charge in [0.1, 0.15) is 0 Å². The molecule has 0 atom stereocenters. The van der Waals surface area contributed by atoms with E-state index in [1.54, 1.807) is 0 Å². The Morgan fingerprint density at radius 1 is 0.583 bits per heavy atom. The van der Waals surface area contributed by atoms with Crippen molar-refractivity contribution in [3.8, 4) is 0 Å². The van der Waals surface area contributed by atoms with Gasteiger partial charge < -0.3 is 0 Å². The van der Waals surface area contributed by atoms with Gasteiger partial charge in [-0.05, 0) is 76.9 Å². The molecule has 2 aliphatic carbocycles. The third kappa shape index (κ3) is 5.87.